The second-order valence-corrected chi connectivity index (χ2v) is 6.64. The van der Waals surface area contributed by atoms with Crippen LogP contribution in [0.5, 0.6) is 0 Å². The molecule has 1 aliphatic rings. The summed E-state index contributed by atoms with van der Waals surface area (Å²) in [5, 5.41) is 3.17. The monoisotopic (exact) mass is 306 g/mol. The molecule has 4 nitrogen and oxygen atoms in total. The number of hydrogen-bond donors (Lipinski definition) is 1. The highest BCUT2D eigenvalue weighted by atomic mass is 32.2. The predicted molar refractivity (Wildman–Crippen MR) is 79.1 cm³/mol. The molecule has 0 atom stereocenters. The topological polar surface area (TPSA) is 49.4 Å². The van der Waals surface area contributed by atoms with Crippen molar-refractivity contribution in [2.45, 2.75) is 11.4 Å². The molecule has 0 bridgehead atoms. The first-order valence-electron chi connectivity index (χ1n) is 6.66. The van der Waals surface area contributed by atoms with E-state index >= 15 is 0 Å². The van der Waals surface area contributed by atoms with Gasteiger partial charge in [0, 0.05) is 19.6 Å². The Balaban J connectivity index is 2.13. The zero-order valence-electron chi connectivity index (χ0n) is 11.3. The first-order chi connectivity index (χ1) is 10.1. The van der Waals surface area contributed by atoms with Gasteiger partial charge in [0.15, 0.2) is 0 Å². The van der Waals surface area contributed by atoms with Crippen LogP contribution in [0.4, 0.5) is 10.1 Å². The summed E-state index contributed by atoms with van der Waals surface area (Å²) < 4.78 is 40.7. The minimum absolute atomic E-state index is 0.272. The number of halogens is 1. The maximum absolute atomic E-state index is 13.9. The van der Waals surface area contributed by atoms with Gasteiger partial charge in [0.05, 0.1) is 5.69 Å². The SMILES string of the molecule is O=S(=O)(c1ccccc1F)N1CCNCc2ccccc21. The van der Waals surface area contributed by atoms with E-state index in [4.69, 9.17) is 0 Å². The number of hydrogen-bond acceptors (Lipinski definition) is 3. The summed E-state index contributed by atoms with van der Waals surface area (Å²) >= 11 is 0. The summed E-state index contributed by atoms with van der Waals surface area (Å²) in [5.74, 6) is -0.729. The van der Waals surface area contributed by atoms with Gasteiger partial charge in [-0.2, -0.15) is 0 Å². The molecule has 110 valence electrons. The first kappa shape index (κ1) is 14.0. The summed E-state index contributed by atoms with van der Waals surface area (Å²) in [6, 6.07) is 12.7. The Morgan fingerprint density at radius 3 is 2.57 bits per heavy atom. The molecule has 0 spiro atoms. The minimum atomic E-state index is -3.91. The molecule has 2 aromatic carbocycles. The Hall–Kier alpha value is -1.92. The normalized spacial score (nSPS) is 15.4. The highest BCUT2D eigenvalue weighted by Crippen LogP contribution is 2.29. The Morgan fingerprint density at radius 1 is 1.05 bits per heavy atom. The number of benzene rings is 2. The molecule has 0 aliphatic carbocycles. The van der Waals surface area contributed by atoms with Crippen molar-refractivity contribution in [1.29, 1.82) is 0 Å². The number of rotatable bonds is 2. The smallest absolute Gasteiger partial charge is 0.267 e. The third-order valence-corrected chi connectivity index (χ3v) is 5.32. The van der Waals surface area contributed by atoms with Crippen LogP contribution in [0.15, 0.2) is 53.4 Å². The van der Waals surface area contributed by atoms with Gasteiger partial charge in [-0.25, -0.2) is 12.8 Å². The van der Waals surface area contributed by atoms with Crippen molar-refractivity contribution in [3.05, 3.63) is 59.9 Å². The average molecular weight is 306 g/mol. The van der Waals surface area contributed by atoms with Crippen molar-refractivity contribution >= 4 is 15.7 Å². The largest absolute Gasteiger partial charge is 0.311 e. The molecule has 21 heavy (non-hydrogen) atoms. The number of sulfonamides is 1. The van der Waals surface area contributed by atoms with Crippen LogP contribution in [0.3, 0.4) is 0 Å². The van der Waals surface area contributed by atoms with Crippen molar-refractivity contribution in [2.24, 2.45) is 0 Å². The molecule has 1 heterocycles. The molecule has 2 aromatic rings. The molecule has 6 heteroatoms. The number of fused-ring (bicyclic) bond motifs is 1. The zero-order valence-corrected chi connectivity index (χ0v) is 12.1. The van der Waals surface area contributed by atoms with E-state index in [1.165, 1.54) is 22.5 Å². The van der Waals surface area contributed by atoms with Gasteiger partial charge in [0.25, 0.3) is 10.0 Å². The van der Waals surface area contributed by atoms with Gasteiger partial charge in [-0.3, -0.25) is 4.31 Å². The van der Waals surface area contributed by atoms with Gasteiger partial charge < -0.3 is 5.32 Å². The molecule has 1 aliphatic heterocycles. The van der Waals surface area contributed by atoms with E-state index < -0.39 is 15.8 Å². The highest BCUT2D eigenvalue weighted by Gasteiger charge is 2.29. The van der Waals surface area contributed by atoms with Crippen molar-refractivity contribution in [1.82, 2.24) is 5.32 Å². The van der Waals surface area contributed by atoms with Crippen LogP contribution in [0, 0.1) is 5.82 Å². The second kappa shape index (κ2) is 5.46. The van der Waals surface area contributed by atoms with E-state index in [0.717, 1.165) is 11.6 Å². The lowest BCUT2D eigenvalue weighted by Crippen LogP contribution is -2.35. The average Bonchev–Trinajstić information content (AvgIpc) is 2.70. The lowest BCUT2D eigenvalue weighted by molar-refractivity contribution is 0.563. The van der Waals surface area contributed by atoms with Crippen molar-refractivity contribution < 1.29 is 12.8 Å². The van der Waals surface area contributed by atoms with Gasteiger partial charge in [-0.15, -0.1) is 0 Å². The van der Waals surface area contributed by atoms with Crippen LogP contribution in [-0.4, -0.2) is 21.5 Å². The van der Waals surface area contributed by atoms with E-state index in [9.17, 15) is 12.8 Å². The zero-order chi connectivity index (χ0) is 14.9. The van der Waals surface area contributed by atoms with E-state index in [1.807, 2.05) is 12.1 Å². The number of nitrogens with zero attached hydrogens (tertiary/aromatic N) is 1. The van der Waals surface area contributed by atoms with Gasteiger partial charge >= 0.3 is 0 Å². The van der Waals surface area contributed by atoms with E-state index in [-0.39, 0.29) is 11.4 Å². The number of para-hydroxylation sites is 1. The molecule has 0 saturated heterocycles. The Kier molecular flexibility index (Phi) is 3.65. The van der Waals surface area contributed by atoms with E-state index in [0.29, 0.717) is 18.8 Å². The molecule has 0 fully saturated rings. The maximum Gasteiger partial charge on any atom is 0.267 e. The summed E-state index contributed by atoms with van der Waals surface area (Å²) in [6.07, 6.45) is 0. The van der Waals surface area contributed by atoms with Gasteiger partial charge in [0.1, 0.15) is 10.7 Å². The van der Waals surface area contributed by atoms with Crippen LogP contribution < -0.4 is 9.62 Å². The first-order valence-corrected chi connectivity index (χ1v) is 8.10. The molecule has 1 N–H and O–H groups in total. The summed E-state index contributed by atoms with van der Waals surface area (Å²) in [6.45, 7) is 1.38. The van der Waals surface area contributed by atoms with Gasteiger partial charge in [-0.05, 0) is 23.8 Å². The fourth-order valence-electron chi connectivity index (χ4n) is 2.45. The quantitative estimate of drug-likeness (QED) is 0.924. The fourth-order valence-corrected chi connectivity index (χ4v) is 4.02. The van der Waals surface area contributed by atoms with Crippen molar-refractivity contribution in [3.8, 4) is 0 Å². The highest BCUT2D eigenvalue weighted by molar-refractivity contribution is 7.92. The predicted octanol–water partition coefficient (Wildman–Crippen LogP) is 2.12. The molecular weight excluding hydrogens is 291 g/mol. The van der Waals surface area contributed by atoms with Crippen LogP contribution in [0.1, 0.15) is 5.56 Å². The van der Waals surface area contributed by atoms with Gasteiger partial charge in [-0.1, -0.05) is 30.3 Å². The Morgan fingerprint density at radius 2 is 1.76 bits per heavy atom. The third kappa shape index (κ3) is 2.52. The summed E-state index contributed by atoms with van der Waals surface area (Å²) in [4.78, 5) is -0.290. The molecule has 0 unspecified atom stereocenters. The van der Waals surface area contributed by atoms with Gasteiger partial charge in [0.2, 0.25) is 0 Å². The van der Waals surface area contributed by atoms with Crippen LogP contribution >= 0.6 is 0 Å². The van der Waals surface area contributed by atoms with E-state index in [2.05, 4.69) is 5.32 Å². The lowest BCUT2D eigenvalue weighted by atomic mass is 10.2. The Bertz CT molecular complexity index is 762. The number of nitrogens with one attached hydrogen (secondary N) is 1. The molecule has 0 aromatic heterocycles. The molecule has 0 radical (unpaired) electrons. The fraction of sp³-hybridized carbons (Fsp3) is 0.200. The molecule has 3 rings (SSSR count). The summed E-state index contributed by atoms with van der Waals surface area (Å²) in [5.41, 5.74) is 1.49. The standard InChI is InChI=1S/C15H15FN2O2S/c16-13-6-2-4-8-15(13)21(19,20)18-10-9-17-11-12-5-1-3-7-14(12)18/h1-8,17H,9-11H2. The molecule has 0 amide bonds. The van der Waals surface area contributed by atoms with Crippen LogP contribution in [-0.2, 0) is 16.6 Å². The maximum atomic E-state index is 13.9. The molecular formula is C15H15FN2O2S. The minimum Gasteiger partial charge on any atom is -0.311 e. The van der Waals surface area contributed by atoms with E-state index in [1.54, 1.807) is 12.1 Å². The van der Waals surface area contributed by atoms with Crippen molar-refractivity contribution in [3.63, 3.8) is 0 Å². The Labute approximate surface area is 123 Å². The summed E-state index contributed by atoms with van der Waals surface area (Å²) in [7, 11) is -3.91. The number of anilines is 1. The second-order valence-electron chi connectivity index (χ2n) is 4.81. The van der Waals surface area contributed by atoms with Crippen LogP contribution in [0.2, 0.25) is 0 Å². The van der Waals surface area contributed by atoms with Crippen molar-refractivity contribution in [2.75, 3.05) is 17.4 Å². The third-order valence-electron chi connectivity index (χ3n) is 3.47. The lowest BCUT2D eigenvalue weighted by Gasteiger charge is -2.24. The van der Waals surface area contributed by atoms with Crippen LogP contribution in [0.25, 0.3) is 0 Å². The molecule has 0 saturated carbocycles.